The molecule has 0 amide bonds. The van der Waals surface area contributed by atoms with Crippen molar-refractivity contribution >= 4 is 11.8 Å². The molecule has 2 nitrogen and oxygen atoms in total. The van der Waals surface area contributed by atoms with Crippen molar-refractivity contribution in [1.29, 1.82) is 0 Å². The summed E-state index contributed by atoms with van der Waals surface area (Å²) in [6.07, 6.45) is 1.27. The molecule has 3 heteroatoms. The second-order valence-electron chi connectivity index (χ2n) is 5.29. The largest absolute Gasteiger partial charge is 0.326 e. The number of fused-ring (bicyclic) bond motifs is 1. The quantitative estimate of drug-likeness (QED) is 0.828. The van der Waals surface area contributed by atoms with Crippen LogP contribution in [0.1, 0.15) is 24.9 Å². The van der Waals surface area contributed by atoms with E-state index in [-0.39, 0.29) is 0 Å². The van der Waals surface area contributed by atoms with Gasteiger partial charge in [-0.25, -0.2) is 0 Å². The van der Waals surface area contributed by atoms with Gasteiger partial charge in [0.05, 0.1) is 0 Å². The average molecular weight is 248 g/mol. The maximum atomic E-state index is 6.15. The molecule has 0 spiro atoms. The fourth-order valence-electron chi connectivity index (χ4n) is 2.99. The van der Waals surface area contributed by atoms with E-state index in [0.29, 0.717) is 18.0 Å². The lowest BCUT2D eigenvalue weighted by molar-refractivity contribution is 0.228. The van der Waals surface area contributed by atoms with E-state index in [9.17, 15) is 0 Å². The number of rotatable bonds is 1. The molecule has 3 rings (SSSR count). The van der Waals surface area contributed by atoms with E-state index < -0.39 is 0 Å². The van der Waals surface area contributed by atoms with Gasteiger partial charge in [0.1, 0.15) is 0 Å². The van der Waals surface area contributed by atoms with Gasteiger partial charge >= 0.3 is 0 Å². The molecular weight excluding hydrogens is 228 g/mol. The van der Waals surface area contributed by atoms with Crippen molar-refractivity contribution in [2.75, 3.05) is 18.8 Å². The Balaban J connectivity index is 1.86. The minimum Gasteiger partial charge on any atom is -0.326 e. The SMILES string of the molecule is CC1CN(C2CCSc3ccccc32)CC1N. The number of thioether (sulfide) groups is 1. The van der Waals surface area contributed by atoms with Gasteiger partial charge in [-0.2, -0.15) is 0 Å². The summed E-state index contributed by atoms with van der Waals surface area (Å²) < 4.78 is 0. The first-order valence-corrected chi connectivity index (χ1v) is 7.45. The number of hydrogen-bond acceptors (Lipinski definition) is 3. The van der Waals surface area contributed by atoms with Gasteiger partial charge in [-0.3, -0.25) is 4.90 Å². The summed E-state index contributed by atoms with van der Waals surface area (Å²) in [5.74, 6) is 1.87. The van der Waals surface area contributed by atoms with Crippen molar-refractivity contribution in [3.05, 3.63) is 29.8 Å². The highest BCUT2D eigenvalue weighted by atomic mass is 32.2. The molecule has 0 aliphatic carbocycles. The first-order chi connectivity index (χ1) is 8.25. The molecule has 0 radical (unpaired) electrons. The Morgan fingerprint density at radius 1 is 1.29 bits per heavy atom. The molecule has 3 unspecified atom stereocenters. The van der Waals surface area contributed by atoms with Gasteiger partial charge in [-0.1, -0.05) is 25.1 Å². The highest BCUT2D eigenvalue weighted by Gasteiger charge is 2.34. The standard InChI is InChI=1S/C14H20N2S/c1-10-8-16(9-12(10)15)13-6-7-17-14-5-3-2-4-11(13)14/h2-5,10,12-13H,6-9,15H2,1H3. The number of nitrogens with two attached hydrogens (primary N) is 1. The first kappa shape index (κ1) is 11.6. The molecule has 2 N–H and O–H groups in total. The smallest absolute Gasteiger partial charge is 0.0367 e. The molecular formula is C14H20N2S. The van der Waals surface area contributed by atoms with Crippen molar-refractivity contribution in [3.8, 4) is 0 Å². The van der Waals surface area contributed by atoms with E-state index in [0.717, 1.165) is 13.1 Å². The average Bonchev–Trinajstić information content (AvgIpc) is 2.69. The molecule has 0 saturated carbocycles. The van der Waals surface area contributed by atoms with E-state index >= 15 is 0 Å². The Morgan fingerprint density at radius 3 is 2.88 bits per heavy atom. The number of hydrogen-bond donors (Lipinski definition) is 1. The summed E-state index contributed by atoms with van der Waals surface area (Å²) in [6, 6.07) is 9.82. The third kappa shape index (κ3) is 2.12. The lowest BCUT2D eigenvalue weighted by Crippen LogP contribution is -2.32. The van der Waals surface area contributed by atoms with Crippen LogP contribution in [0, 0.1) is 5.92 Å². The van der Waals surface area contributed by atoms with Crippen LogP contribution in [0.3, 0.4) is 0 Å². The molecule has 2 heterocycles. The van der Waals surface area contributed by atoms with Crippen LogP contribution in [0.4, 0.5) is 0 Å². The molecule has 2 aliphatic rings. The number of likely N-dealkylation sites (tertiary alicyclic amines) is 1. The van der Waals surface area contributed by atoms with Crippen LogP contribution >= 0.6 is 11.8 Å². The van der Waals surface area contributed by atoms with Gasteiger partial charge in [-0.15, -0.1) is 11.8 Å². The lowest BCUT2D eigenvalue weighted by Gasteiger charge is -2.32. The van der Waals surface area contributed by atoms with E-state index in [2.05, 4.69) is 36.1 Å². The molecule has 1 fully saturated rings. The van der Waals surface area contributed by atoms with Crippen molar-refractivity contribution in [2.24, 2.45) is 11.7 Å². The van der Waals surface area contributed by atoms with Gasteiger partial charge in [0.25, 0.3) is 0 Å². The monoisotopic (exact) mass is 248 g/mol. The Kier molecular flexibility index (Phi) is 3.16. The Labute approximate surface area is 108 Å². The van der Waals surface area contributed by atoms with Gasteiger partial charge in [0.2, 0.25) is 0 Å². The van der Waals surface area contributed by atoms with E-state index in [1.54, 1.807) is 0 Å². The molecule has 1 saturated heterocycles. The number of benzene rings is 1. The zero-order chi connectivity index (χ0) is 11.8. The second-order valence-corrected chi connectivity index (χ2v) is 6.42. The van der Waals surface area contributed by atoms with Crippen LogP contribution in [-0.4, -0.2) is 29.8 Å². The normalized spacial score (nSPS) is 33.6. The van der Waals surface area contributed by atoms with Crippen LogP contribution in [-0.2, 0) is 0 Å². The fraction of sp³-hybridized carbons (Fsp3) is 0.571. The predicted molar refractivity (Wildman–Crippen MR) is 73.2 cm³/mol. The molecule has 3 atom stereocenters. The summed E-state index contributed by atoms with van der Waals surface area (Å²) >= 11 is 1.99. The Bertz CT molecular complexity index is 397. The first-order valence-electron chi connectivity index (χ1n) is 6.47. The minimum absolute atomic E-state index is 0.358. The van der Waals surface area contributed by atoms with E-state index in [1.807, 2.05) is 11.8 Å². The van der Waals surface area contributed by atoms with Crippen molar-refractivity contribution in [3.63, 3.8) is 0 Å². The molecule has 2 aliphatic heterocycles. The topological polar surface area (TPSA) is 29.3 Å². The predicted octanol–water partition coefficient (Wildman–Crippen LogP) is 2.50. The summed E-state index contributed by atoms with van der Waals surface area (Å²) in [6.45, 7) is 4.49. The van der Waals surface area contributed by atoms with Crippen LogP contribution in [0.2, 0.25) is 0 Å². The Hall–Kier alpha value is -0.510. The zero-order valence-electron chi connectivity index (χ0n) is 10.3. The van der Waals surface area contributed by atoms with Crippen molar-refractivity contribution < 1.29 is 0 Å². The maximum absolute atomic E-state index is 6.15. The lowest BCUT2D eigenvalue weighted by atomic mass is 10.0. The van der Waals surface area contributed by atoms with Crippen molar-refractivity contribution in [2.45, 2.75) is 30.3 Å². The zero-order valence-corrected chi connectivity index (χ0v) is 11.1. The van der Waals surface area contributed by atoms with E-state index in [4.69, 9.17) is 5.73 Å². The molecule has 92 valence electrons. The van der Waals surface area contributed by atoms with Crippen LogP contribution < -0.4 is 5.73 Å². The van der Waals surface area contributed by atoms with E-state index in [1.165, 1.54) is 22.6 Å². The van der Waals surface area contributed by atoms with Crippen LogP contribution in [0.5, 0.6) is 0 Å². The molecule has 1 aromatic rings. The minimum atomic E-state index is 0.358. The Morgan fingerprint density at radius 2 is 2.12 bits per heavy atom. The summed E-state index contributed by atoms with van der Waals surface area (Å²) in [4.78, 5) is 4.06. The highest BCUT2D eigenvalue weighted by Crippen LogP contribution is 2.40. The molecule has 17 heavy (non-hydrogen) atoms. The van der Waals surface area contributed by atoms with Crippen LogP contribution in [0.25, 0.3) is 0 Å². The van der Waals surface area contributed by atoms with Crippen LogP contribution in [0.15, 0.2) is 29.2 Å². The van der Waals surface area contributed by atoms with Gasteiger partial charge in [-0.05, 0) is 29.7 Å². The maximum Gasteiger partial charge on any atom is 0.0367 e. The molecule has 0 bridgehead atoms. The third-order valence-corrected chi connectivity index (χ3v) is 5.19. The van der Waals surface area contributed by atoms with Gasteiger partial charge < -0.3 is 5.73 Å². The summed E-state index contributed by atoms with van der Waals surface area (Å²) in [7, 11) is 0. The number of nitrogens with zero attached hydrogens (tertiary/aromatic N) is 1. The van der Waals surface area contributed by atoms with Gasteiger partial charge in [0.15, 0.2) is 0 Å². The summed E-state index contributed by atoms with van der Waals surface area (Å²) in [5.41, 5.74) is 7.67. The highest BCUT2D eigenvalue weighted by molar-refractivity contribution is 7.99. The molecule has 0 aromatic heterocycles. The molecule has 1 aromatic carbocycles. The summed E-state index contributed by atoms with van der Waals surface area (Å²) in [5, 5.41) is 0. The third-order valence-electron chi connectivity index (χ3n) is 4.07. The van der Waals surface area contributed by atoms with Gasteiger partial charge in [0, 0.05) is 30.1 Å². The van der Waals surface area contributed by atoms with Crippen molar-refractivity contribution in [1.82, 2.24) is 4.90 Å². The fourth-order valence-corrected chi connectivity index (χ4v) is 4.09. The second kappa shape index (κ2) is 4.63.